The zero-order valence-corrected chi connectivity index (χ0v) is 13.9. The van der Waals surface area contributed by atoms with Crippen LogP contribution in [0.5, 0.6) is 5.75 Å². The molecule has 1 aliphatic rings. The van der Waals surface area contributed by atoms with E-state index < -0.39 is 24.2 Å². The molecule has 0 fully saturated rings. The van der Waals surface area contributed by atoms with Crippen LogP contribution >= 0.6 is 0 Å². The number of carbonyl (C=O) groups is 2. The number of rotatable bonds is 6. The van der Waals surface area contributed by atoms with Gasteiger partial charge in [-0.15, -0.1) is 0 Å². The van der Waals surface area contributed by atoms with Gasteiger partial charge < -0.3 is 19.9 Å². The van der Waals surface area contributed by atoms with Gasteiger partial charge in [0.15, 0.2) is 0 Å². The molecule has 0 aliphatic carbocycles. The van der Waals surface area contributed by atoms with Gasteiger partial charge in [-0.1, -0.05) is 30.3 Å². The van der Waals surface area contributed by atoms with E-state index >= 15 is 0 Å². The highest BCUT2D eigenvalue weighted by atomic mass is 19.1. The molecule has 2 aromatic carbocycles. The lowest BCUT2D eigenvalue weighted by Gasteiger charge is -2.18. The predicted octanol–water partition coefficient (Wildman–Crippen LogP) is 2.90. The Morgan fingerprint density at radius 2 is 2.04 bits per heavy atom. The van der Waals surface area contributed by atoms with Crippen LogP contribution in [0.2, 0.25) is 0 Å². The number of carboxylic acids is 1. The molecule has 1 heterocycles. The normalized spacial score (nSPS) is 16.3. The second-order valence-electron chi connectivity index (χ2n) is 6.03. The van der Waals surface area contributed by atoms with Gasteiger partial charge in [0.2, 0.25) is 0 Å². The number of aliphatic carboxylic acids is 1. The minimum Gasteiger partial charge on any atom is -0.490 e. The molecule has 0 bridgehead atoms. The molecule has 2 atom stereocenters. The number of amides is 1. The second-order valence-corrected chi connectivity index (χ2v) is 6.03. The van der Waals surface area contributed by atoms with Gasteiger partial charge in [0.05, 0.1) is 0 Å². The van der Waals surface area contributed by atoms with Crippen LogP contribution in [0.25, 0.3) is 0 Å². The van der Waals surface area contributed by atoms with Crippen LogP contribution in [0.1, 0.15) is 17.5 Å². The number of halogens is 1. The third-order valence-corrected chi connectivity index (χ3v) is 4.07. The highest BCUT2D eigenvalue weighted by molar-refractivity contribution is 5.79. The molecule has 2 aromatic rings. The molecule has 6 nitrogen and oxygen atoms in total. The molecule has 136 valence electrons. The Kier molecular flexibility index (Phi) is 5.36. The first-order valence-electron chi connectivity index (χ1n) is 8.16. The minimum absolute atomic E-state index is 0.0453. The van der Waals surface area contributed by atoms with Crippen molar-refractivity contribution in [3.8, 4) is 5.75 Å². The van der Waals surface area contributed by atoms with Gasteiger partial charge in [0.25, 0.3) is 0 Å². The van der Waals surface area contributed by atoms with Crippen molar-refractivity contribution >= 4 is 12.1 Å². The Labute approximate surface area is 149 Å². The third-order valence-electron chi connectivity index (χ3n) is 4.07. The van der Waals surface area contributed by atoms with E-state index in [4.69, 9.17) is 9.47 Å². The average molecular weight is 359 g/mol. The summed E-state index contributed by atoms with van der Waals surface area (Å²) in [4.78, 5) is 23.3. The molecule has 0 saturated heterocycles. The highest BCUT2D eigenvalue weighted by Crippen LogP contribution is 2.31. The van der Waals surface area contributed by atoms with Crippen molar-refractivity contribution in [2.75, 3.05) is 0 Å². The van der Waals surface area contributed by atoms with Crippen molar-refractivity contribution in [1.29, 1.82) is 0 Å². The van der Waals surface area contributed by atoms with E-state index in [0.29, 0.717) is 17.7 Å². The van der Waals surface area contributed by atoms with Crippen molar-refractivity contribution < 1.29 is 28.6 Å². The number of carbonyl (C=O) groups excluding carboxylic acids is 1. The molecular formula is C19H18FNO5. The lowest BCUT2D eigenvalue weighted by Crippen LogP contribution is -2.43. The van der Waals surface area contributed by atoms with E-state index in [-0.39, 0.29) is 18.8 Å². The molecule has 2 N–H and O–H groups in total. The van der Waals surface area contributed by atoms with Crippen LogP contribution < -0.4 is 10.1 Å². The molecule has 0 radical (unpaired) electrons. The molecule has 26 heavy (non-hydrogen) atoms. The summed E-state index contributed by atoms with van der Waals surface area (Å²) in [6.45, 7) is 0.0453. The average Bonchev–Trinajstić information content (AvgIpc) is 3.01. The fourth-order valence-electron chi connectivity index (χ4n) is 2.81. The van der Waals surface area contributed by atoms with Crippen molar-refractivity contribution in [2.24, 2.45) is 0 Å². The number of fused-ring (bicyclic) bond motifs is 1. The quantitative estimate of drug-likeness (QED) is 0.828. The Hall–Kier alpha value is -3.09. The molecule has 2 unspecified atom stereocenters. The molecule has 1 aliphatic heterocycles. The lowest BCUT2D eigenvalue weighted by atomic mass is 10.0. The molecule has 1 amide bonds. The zero-order valence-electron chi connectivity index (χ0n) is 13.9. The Bertz CT molecular complexity index is 796. The van der Waals surface area contributed by atoms with Crippen LogP contribution in [0.4, 0.5) is 9.18 Å². The van der Waals surface area contributed by atoms with Crippen LogP contribution in [-0.4, -0.2) is 29.3 Å². The SMILES string of the molecule is O=C(NC(CC1Cc2cc(F)ccc2O1)C(=O)O)OCc1ccccc1. The van der Waals surface area contributed by atoms with Crippen molar-refractivity contribution in [2.45, 2.75) is 31.6 Å². The first-order valence-corrected chi connectivity index (χ1v) is 8.16. The van der Waals surface area contributed by atoms with Crippen molar-refractivity contribution in [3.63, 3.8) is 0 Å². The van der Waals surface area contributed by atoms with Gasteiger partial charge in [0.1, 0.15) is 30.3 Å². The van der Waals surface area contributed by atoms with Crippen molar-refractivity contribution in [3.05, 3.63) is 65.5 Å². The minimum atomic E-state index is -1.19. The Morgan fingerprint density at radius 1 is 1.27 bits per heavy atom. The van der Waals surface area contributed by atoms with E-state index in [0.717, 1.165) is 5.56 Å². The van der Waals surface area contributed by atoms with Crippen LogP contribution in [0, 0.1) is 5.82 Å². The summed E-state index contributed by atoms with van der Waals surface area (Å²) in [6.07, 6.45) is -0.839. The molecule has 0 aromatic heterocycles. The fourth-order valence-corrected chi connectivity index (χ4v) is 2.81. The van der Waals surface area contributed by atoms with Gasteiger partial charge in [-0.2, -0.15) is 0 Å². The number of ether oxygens (including phenoxy) is 2. The molecular weight excluding hydrogens is 341 g/mol. The summed E-state index contributed by atoms with van der Waals surface area (Å²) < 4.78 is 23.9. The smallest absolute Gasteiger partial charge is 0.408 e. The summed E-state index contributed by atoms with van der Waals surface area (Å²) in [5, 5.41) is 11.7. The fraction of sp³-hybridized carbons (Fsp3) is 0.263. The first-order chi connectivity index (χ1) is 12.5. The zero-order chi connectivity index (χ0) is 18.5. The van der Waals surface area contributed by atoms with Crippen LogP contribution in [-0.2, 0) is 22.6 Å². The molecule has 7 heteroatoms. The van der Waals surface area contributed by atoms with E-state index in [2.05, 4.69) is 5.32 Å². The van der Waals surface area contributed by atoms with E-state index in [1.807, 2.05) is 18.2 Å². The van der Waals surface area contributed by atoms with Gasteiger partial charge >= 0.3 is 12.1 Å². The maximum atomic E-state index is 13.3. The lowest BCUT2D eigenvalue weighted by molar-refractivity contribution is -0.140. The molecule has 3 rings (SSSR count). The number of nitrogens with one attached hydrogen (secondary N) is 1. The number of carboxylic acid groups (broad SMARTS) is 1. The Morgan fingerprint density at radius 3 is 2.77 bits per heavy atom. The summed E-state index contributed by atoms with van der Waals surface area (Å²) in [6, 6.07) is 12.1. The second kappa shape index (κ2) is 7.86. The van der Waals surface area contributed by atoms with Gasteiger partial charge in [-0.25, -0.2) is 14.0 Å². The summed E-state index contributed by atoms with van der Waals surface area (Å²) >= 11 is 0. The summed E-state index contributed by atoms with van der Waals surface area (Å²) in [7, 11) is 0. The molecule has 0 spiro atoms. The summed E-state index contributed by atoms with van der Waals surface area (Å²) in [5.41, 5.74) is 1.48. The highest BCUT2D eigenvalue weighted by Gasteiger charge is 2.30. The maximum absolute atomic E-state index is 13.3. The maximum Gasteiger partial charge on any atom is 0.408 e. The van der Waals surface area contributed by atoms with Gasteiger partial charge in [-0.05, 0) is 23.8 Å². The van der Waals surface area contributed by atoms with Gasteiger partial charge in [-0.3, -0.25) is 0 Å². The monoisotopic (exact) mass is 359 g/mol. The number of alkyl carbamates (subject to hydrolysis) is 1. The first kappa shape index (κ1) is 17.7. The number of hydrogen-bond donors (Lipinski definition) is 2. The standard InChI is InChI=1S/C19H18FNO5/c20-14-6-7-17-13(8-14)9-15(26-17)10-16(18(22)23)21-19(24)25-11-12-4-2-1-3-5-12/h1-8,15-16H,9-11H2,(H,21,24)(H,22,23). The topological polar surface area (TPSA) is 84.9 Å². The van der Waals surface area contributed by atoms with Crippen LogP contribution in [0.3, 0.4) is 0 Å². The molecule has 0 saturated carbocycles. The number of benzene rings is 2. The van der Waals surface area contributed by atoms with Gasteiger partial charge in [0, 0.05) is 18.4 Å². The predicted molar refractivity (Wildman–Crippen MR) is 90.3 cm³/mol. The Balaban J connectivity index is 1.53. The summed E-state index contributed by atoms with van der Waals surface area (Å²) in [5.74, 6) is -1.02. The van der Waals surface area contributed by atoms with E-state index in [1.54, 1.807) is 12.1 Å². The van der Waals surface area contributed by atoms with E-state index in [9.17, 15) is 19.1 Å². The number of hydrogen-bond acceptors (Lipinski definition) is 4. The van der Waals surface area contributed by atoms with Crippen LogP contribution in [0.15, 0.2) is 48.5 Å². The van der Waals surface area contributed by atoms with Crippen molar-refractivity contribution in [1.82, 2.24) is 5.32 Å². The third kappa shape index (κ3) is 4.50. The van der Waals surface area contributed by atoms with E-state index in [1.165, 1.54) is 18.2 Å². The largest absolute Gasteiger partial charge is 0.490 e.